The molecule has 7 nitrogen and oxygen atoms in total. The van der Waals surface area contributed by atoms with E-state index in [2.05, 4.69) is 4.98 Å². The first-order chi connectivity index (χ1) is 12.7. The van der Waals surface area contributed by atoms with E-state index in [9.17, 15) is 10.1 Å². The number of hydrogen-bond donors (Lipinski definition) is 0. The van der Waals surface area contributed by atoms with Gasteiger partial charge < -0.3 is 14.2 Å². The number of carbonyl (C=O) groups is 1. The van der Waals surface area contributed by atoms with Gasteiger partial charge in [-0.15, -0.1) is 0 Å². The van der Waals surface area contributed by atoms with Crippen molar-refractivity contribution in [2.75, 3.05) is 13.2 Å². The molecular weight excluding hydrogens is 330 g/mol. The molecule has 0 radical (unpaired) electrons. The Bertz CT molecular complexity index is 873. The van der Waals surface area contributed by atoms with Gasteiger partial charge in [0.2, 0.25) is 5.91 Å². The number of ether oxygens (including phenoxy) is 1. The molecule has 2 heterocycles. The fourth-order valence-electron chi connectivity index (χ4n) is 3.30. The van der Waals surface area contributed by atoms with Gasteiger partial charge in [0.15, 0.2) is 11.4 Å². The van der Waals surface area contributed by atoms with Crippen LogP contribution in [-0.4, -0.2) is 33.5 Å². The van der Waals surface area contributed by atoms with Crippen LogP contribution in [0.25, 0.3) is 0 Å². The summed E-state index contributed by atoms with van der Waals surface area (Å²) >= 11 is 0. The molecule has 0 aliphatic carbocycles. The van der Waals surface area contributed by atoms with E-state index in [-0.39, 0.29) is 29.9 Å². The number of benzene rings is 1. The Morgan fingerprint density at radius 2 is 2.08 bits per heavy atom. The van der Waals surface area contributed by atoms with Crippen molar-refractivity contribution in [3.05, 3.63) is 47.5 Å². The summed E-state index contributed by atoms with van der Waals surface area (Å²) in [5.74, 6) is 0.730. The van der Waals surface area contributed by atoms with Gasteiger partial charge in [-0.25, -0.2) is 4.98 Å². The van der Waals surface area contributed by atoms with Crippen molar-refractivity contribution in [3.63, 3.8) is 0 Å². The molecule has 1 unspecified atom stereocenters. The normalized spacial score (nSPS) is 16.1. The molecule has 1 saturated heterocycles. The zero-order valence-corrected chi connectivity index (χ0v) is 14.6. The Morgan fingerprint density at radius 3 is 2.73 bits per heavy atom. The predicted octanol–water partition coefficient (Wildman–Crippen LogP) is 2.39. The maximum Gasteiger partial charge on any atom is 0.243 e. The molecule has 0 bridgehead atoms. The van der Waals surface area contributed by atoms with E-state index in [0.717, 1.165) is 24.2 Å². The molecule has 1 atom stereocenters. The Morgan fingerprint density at radius 1 is 1.31 bits per heavy atom. The van der Waals surface area contributed by atoms with Crippen LogP contribution in [-0.2, 0) is 11.3 Å². The standard InChI is InChI=1S/C19H19N5O2/c1-2-26-15-7-5-14(6-8-15)17-4-3-9-24(17)19(25)12-23-13-22-16(10-20)18(23)11-21/h5-8,13,17H,2-4,9,12H2,1H3. The maximum absolute atomic E-state index is 12.8. The topological polar surface area (TPSA) is 94.9 Å². The zero-order chi connectivity index (χ0) is 18.5. The molecule has 1 amide bonds. The summed E-state index contributed by atoms with van der Waals surface area (Å²) in [6.45, 7) is 3.24. The highest BCUT2D eigenvalue weighted by Gasteiger charge is 2.30. The monoisotopic (exact) mass is 349 g/mol. The van der Waals surface area contributed by atoms with Crippen molar-refractivity contribution in [3.8, 4) is 17.9 Å². The van der Waals surface area contributed by atoms with Crippen LogP contribution in [0.2, 0.25) is 0 Å². The molecule has 0 spiro atoms. The lowest BCUT2D eigenvalue weighted by Crippen LogP contribution is -2.33. The lowest BCUT2D eigenvalue weighted by Gasteiger charge is -2.25. The van der Waals surface area contributed by atoms with E-state index in [0.29, 0.717) is 13.2 Å². The van der Waals surface area contributed by atoms with Crippen LogP contribution < -0.4 is 4.74 Å². The molecule has 3 rings (SSSR count). The number of carbonyl (C=O) groups excluding carboxylic acids is 1. The molecule has 1 aliphatic heterocycles. The summed E-state index contributed by atoms with van der Waals surface area (Å²) in [4.78, 5) is 18.5. The van der Waals surface area contributed by atoms with E-state index in [1.54, 1.807) is 0 Å². The fourth-order valence-corrected chi connectivity index (χ4v) is 3.30. The van der Waals surface area contributed by atoms with Crippen LogP contribution in [0.1, 0.15) is 42.8 Å². The molecule has 132 valence electrons. The Hall–Kier alpha value is -3.32. The van der Waals surface area contributed by atoms with Crippen LogP contribution >= 0.6 is 0 Å². The van der Waals surface area contributed by atoms with E-state index in [1.807, 2.05) is 48.2 Å². The van der Waals surface area contributed by atoms with Gasteiger partial charge >= 0.3 is 0 Å². The van der Waals surface area contributed by atoms with Crippen molar-refractivity contribution in [1.29, 1.82) is 10.5 Å². The van der Waals surface area contributed by atoms with Crippen molar-refractivity contribution < 1.29 is 9.53 Å². The summed E-state index contributed by atoms with van der Waals surface area (Å²) in [5.41, 5.74) is 1.24. The Labute approximate surface area is 152 Å². The number of imidazole rings is 1. The fraction of sp³-hybridized carbons (Fsp3) is 0.368. The number of amides is 1. The number of nitriles is 2. The van der Waals surface area contributed by atoms with Gasteiger partial charge in [0.25, 0.3) is 0 Å². The summed E-state index contributed by atoms with van der Waals surface area (Å²) in [5, 5.41) is 18.2. The second-order valence-corrected chi connectivity index (χ2v) is 6.04. The Balaban J connectivity index is 1.76. The second kappa shape index (κ2) is 7.71. The summed E-state index contributed by atoms with van der Waals surface area (Å²) in [6, 6.07) is 11.7. The maximum atomic E-state index is 12.8. The van der Waals surface area contributed by atoms with Crippen LogP contribution in [0.5, 0.6) is 5.75 Å². The van der Waals surface area contributed by atoms with Gasteiger partial charge in [-0.2, -0.15) is 10.5 Å². The number of nitrogens with zero attached hydrogens (tertiary/aromatic N) is 5. The molecule has 26 heavy (non-hydrogen) atoms. The molecule has 7 heteroatoms. The molecule has 0 saturated carbocycles. The third-order valence-corrected chi connectivity index (χ3v) is 4.50. The Kier molecular flexibility index (Phi) is 5.19. The quantitative estimate of drug-likeness (QED) is 0.826. The lowest BCUT2D eigenvalue weighted by atomic mass is 10.0. The minimum absolute atomic E-state index is 0.00506. The average Bonchev–Trinajstić information content (AvgIpc) is 3.29. The first kappa shape index (κ1) is 17.5. The minimum Gasteiger partial charge on any atom is -0.494 e. The van der Waals surface area contributed by atoms with Crippen LogP contribution in [0.3, 0.4) is 0 Å². The molecule has 1 aromatic heterocycles. The molecule has 1 fully saturated rings. The number of aromatic nitrogens is 2. The van der Waals surface area contributed by atoms with Crippen LogP contribution in [0, 0.1) is 22.7 Å². The third-order valence-electron chi connectivity index (χ3n) is 4.50. The summed E-state index contributed by atoms with van der Waals surface area (Å²) in [6.07, 6.45) is 3.21. The molecule has 1 aromatic carbocycles. The van der Waals surface area contributed by atoms with Crippen LogP contribution in [0.4, 0.5) is 0 Å². The van der Waals surface area contributed by atoms with Gasteiger partial charge in [-0.1, -0.05) is 12.1 Å². The third kappa shape index (κ3) is 3.38. The number of hydrogen-bond acceptors (Lipinski definition) is 5. The number of likely N-dealkylation sites (tertiary alicyclic amines) is 1. The van der Waals surface area contributed by atoms with Crippen molar-refractivity contribution in [2.45, 2.75) is 32.4 Å². The van der Waals surface area contributed by atoms with Gasteiger partial charge in [-0.3, -0.25) is 4.79 Å². The van der Waals surface area contributed by atoms with E-state index in [1.165, 1.54) is 10.9 Å². The average molecular weight is 349 g/mol. The van der Waals surface area contributed by atoms with Crippen LogP contribution in [0.15, 0.2) is 30.6 Å². The van der Waals surface area contributed by atoms with Gasteiger partial charge in [0.1, 0.15) is 24.4 Å². The molecule has 0 N–H and O–H groups in total. The number of rotatable bonds is 5. The first-order valence-corrected chi connectivity index (χ1v) is 8.55. The summed E-state index contributed by atoms with van der Waals surface area (Å²) < 4.78 is 6.91. The zero-order valence-electron chi connectivity index (χ0n) is 14.6. The van der Waals surface area contributed by atoms with Gasteiger partial charge in [0, 0.05) is 6.54 Å². The second-order valence-electron chi connectivity index (χ2n) is 6.04. The predicted molar refractivity (Wildman–Crippen MR) is 93.0 cm³/mol. The van der Waals surface area contributed by atoms with Crippen molar-refractivity contribution >= 4 is 5.91 Å². The SMILES string of the molecule is CCOc1ccc(C2CCCN2C(=O)Cn2cnc(C#N)c2C#N)cc1. The van der Waals surface area contributed by atoms with E-state index >= 15 is 0 Å². The smallest absolute Gasteiger partial charge is 0.243 e. The van der Waals surface area contributed by atoms with Gasteiger partial charge in [-0.05, 0) is 37.5 Å². The largest absolute Gasteiger partial charge is 0.494 e. The highest BCUT2D eigenvalue weighted by Crippen LogP contribution is 2.33. The first-order valence-electron chi connectivity index (χ1n) is 8.55. The molecular formula is C19H19N5O2. The summed E-state index contributed by atoms with van der Waals surface area (Å²) in [7, 11) is 0. The van der Waals surface area contributed by atoms with E-state index in [4.69, 9.17) is 10.00 Å². The van der Waals surface area contributed by atoms with E-state index < -0.39 is 0 Å². The molecule has 1 aliphatic rings. The van der Waals surface area contributed by atoms with Gasteiger partial charge in [0.05, 0.1) is 19.0 Å². The molecule has 2 aromatic rings. The van der Waals surface area contributed by atoms with Crippen molar-refractivity contribution in [1.82, 2.24) is 14.5 Å². The lowest BCUT2D eigenvalue weighted by molar-refractivity contribution is -0.132. The van der Waals surface area contributed by atoms with Crippen molar-refractivity contribution in [2.24, 2.45) is 0 Å². The highest BCUT2D eigenvalue weighted by molar-refractivity contribution is 5.77. The highest BCUT2D eigenvalue weighted by atomic mass is 16.5. The minimum atomic E-state index is -0.0835.